The predicted molar refractivity (Wildman–Crippen MR) is 81.0 cm³/mol. The Balaban J connectivity index is 2.88. The molecular formula is C16H20F3NO4. The van der Waals surface area contributed by atoms with E-state index < -0.39 is 24.2 Å². The van der Waals surface area contributed by atoms with Gasteiger partial charge in [-0.3, -0.25) is 4.79 Å². The normalized spacial score (nSPS) is 12.8. The molecule has 8 heteroatoms. The second kappa shape index (κ2) is 8.03. The van der Waals surface area contributed by atoms with Crippen LogP contribution in [0, 0.1) is 0 Å². The minimum Gasteiger partial charge on any atom is -0.479 e. The van der Waals surface area contributed by atoms with Crippen molar-refractivity contribution in [3.05, 3.63) is 29.3 Å². The summed E-state index contributed by atoms with van der Waals surface area (Å²) in [6.45, 7) is 5.02. The Bertz CT molecular complexity index is 599. The number of carbonyl (C=O) groups excluding carboxylic acids is 1. The van der Waals surface area contributed by atoms with E-state index in [0.717, 1.165) is 5.56 Å². The first-order valence-electron chi connectivity index (χ1n) is 7.39. The smallest absolute Gasteiger partial charge is 0.471 e. The molecule has 0 spiro atoms. The van der Waals surface area contributed by atoms with Crippen LogP contribution < -0.4 is 10.1 Å². The lowest BCUT2D eigenvalue weighted by Crippen LogP contribution is -2.37. The third kappa shape index (κ3) is 5.75. The van der Waals surface area contributed by atoms with E-state index in [9.17, 15) is 22.8 Å². The number of nitrogens with one attached hydrogen (secondary N) is 1. The fraction of sp³-hybridized carbons (Fsp3) is 0.500. The first-order valence-corrected chi connectivity index (χ1v) is 7.39. The van der Waals surface area contributed by atoms with Gasteiger partial charge in [-0.1, -0.05) is 26.0 Å². The van der Waals surface area contributed by atoms with Crippen molar-refractivity contribution in [1.82, 2.24) is 5.32 Å². The van der Waals surface area contributed by atoms with Gasteiger partial charge in [0.25, 0.3) is 0 Å². The molecule has 1 aromatic rings. The summed E-state index contributed by atoms with van der Waals surface area (Å²) in [5.74, 6) is -2.70. The summed E-state index contributed by atoms with van der Waals surface area (Å²) in [5, 5.41) is 10.7. The maximum Gasteiger partial charge on any atom is 0.471 e. The third-order valence-corrected chi connectivity index (χ3v) is 3.35. The fourth-order valence-electron chi connectivity index (χ4n) is 1.90. The minimum absolute atomic E-state index is 0.0852. The Morgan fingerprint density at radius 1 is 1.25 bits per heavy atom. The molecule has 1 rings (SSSR count). The number of amides is 1. The molecule has 0 bridgehead atoms. The molecule has 2 N–H and O–H groups in total. The zero-order valence-corrected chi connectivity index (χ0v) is 13.6. The molecule has 134 valence electrons. The average molecular weight is 347 g/mol. The van der Waals surface area contributed by atoms with Gasteiger partial charge in [-0.15, -0.1) is 0 Å². The van der Waals surface area contributed by atoms with Crippen LogP contribution in [0.2, 0.25) is 0 Å². The molecule has 0 heterocycles. The van der Waals surface area contributed by atoms with Gasteiger partial charge in [-0.2, -0.15) is 13.2 Å². The molecule has 0 aliphatic heterocycles. The number of benzene rings is 1. The number of ether oxygens (including phenoxy) is 1. The summed E-state index contributed by atoms with van der Waals surface area (Å²) in [5.41, 5.74) is 1.43. The van der Waals surface area contributed by atoms with Crippen LogP contribution in [0.1, 0.15) is 37.8 Å². The van der Waals surface area contributed by atoms with Crippen molar-refractivity contribution in [2.24, 2.45) is 0 Å². The van der Waals surface area contributed by atoms with Gasteiger partial charge in [-0.25, -0.2) is 4.79 Å². The second-order valence-corrected chi connectivity index (χ2v) is 5.62. The summed E-state index contributed by atoms with van der Waals surface area (Å²) in [6.07, 6.45) is -5.95. The van der Waals surface area contributed by atoms with Gasteiger partial charge in [0.05, 0.1) is 0 Å². The number of carboxylic acids is 1. The maximum absolute atomic E-state index is 12.2. The van der Waals surface area contributed by atoms with E-state index in [4.69, 9.17) is 9.84 Å². The van der Waals surface area contributed by atoms with Gasteiger partial charge in [0.1, 0.15) is 5.75 Å². The summed E-state index contributed by atoms with van der Waals surface area (Å²) < 4.78 is 41.9. The maximum atomic E-state index is 12.2. The molecule has 0 aromatic heterocycles. The molecule has 1 aromatic carbocycles. The Hall–Kier alpha value is -2.25. The lowest BCUT2D eigenvalue weighted by atomic mass is 9.99. The molecule has 0 saturated carbocycles. The Kier molecular flexibility index (Phi) is 6.62. The molecule has 24 heavy (non-hydrogen) atoms. The number of hydrogen-bond acceptors (Lipinski definition) is 3. The SMILES string of the molecule is CC(Oc1cc(C(C)C)ccc1CCNC(=O)C(F)(F)F)C(=O)O. The molecule has 0 saturated heterocycles. The summed E-state index contributed by atoms with van der Waals surface area (Å²) in [4.78, 5) is 21.7. The van der Waals surface area contributed by atoms with Crippen LogP contribution in [0.4, 0.5) is 13.2 Å². The molecule has 1 atom stereocenters. The number of carbonyl (C=O) groups is 2. The monoisotopic (exact) mass is 347 g/mol. The zero-order chi connectivity index (χ0) is 18.5. The largest absolute Gasteiger partial charge is 0.479 e. The summed E-state index contributed by atoms with van der Waals surface area (Å²) in [6, 6.07) is 5.13. The number of halogens is 3. The van der Waals surface area contributed by atoms with Crippen LogP contribution in [0.25, 0.3) is 0 Å². The number of hydrogen-bond donors (Lipinski definition) is 2. The first-order chi connectivity index (χ1) is 11.0. The van der Waals surface area contributed by atoms with Gasteiger partial charge in [-0.05, 0) is 36.5 Å². The van der Waals surface area contributed by atoms with Gasteiger partial charge in [0, 0.05) is 6.54 Å². The number of aliphatic carboxylic acids is 1. The lowest BCUT2D eigenvalue weighted by Gasteiger charge is -2.17. The van der Waals surface area contributed by atoms with Crippen molar-refractivity contribution in [3.8, 4) is 5.75 Å². The Morgan fingerprint density at radius 3 is 2.38 bits per heavy atom. The lowest BCUT2D eigenvalue weighted by molar-refractivity contribution is -0.173. The first kappa shape index (κ1) is 19.8. The topological polar surface area (TPSA) is 75.6 Å². The number of rotatable bonds is 7. The molecule has 0 aliphatic carbocycles. The van der Waals surface area contributed by atoms with E-state index in [-0.39, 0.29) is 24.6 Å². The highest BCUT2D eigenvalue weighted by Gasteiger charge is 2.38. The van der Waals surface area contributed by atoms with Crippen LogP contribution in [0.3, 0.4) is 0 Å². The van der Waals surface area contributed by atoms with Crippen molar-refractivity contribution in [2.75, 3.05) is 6.54 Å². The van der Waals surface area contributed by atoms with E-state index in [1.807, 2.05) is 13.8 Å². The van der Waals surface area contributed by atoms with Gasteiger partial charge >= 0.3 is 18.1 Å². The zero-order valence-electron chi connectivity index (χ0n) is 13.6. The van der Waals surface area contributed by atoms with Crippen LogP contribution in [0.15, 0.2) is 18.2 Å². The van der Waals surface area contributed by atoms with Crippen molar-refractivity contribution in [3.63, 3.8) is 0 Å². The molecule has 0 fully saturated rings. The van der Waals surface area contributed by atoms with E-state index in [0.29, 0.717) is 5.56 Å². The molecular weight excluding hydrogens is 327 g/mol. The molecule has 5 nitrogen and oxygen atoms in total. The van der Waals surface area contributed by atoms with E-state index in [2.05, 4.69) is 0 Å². The van der Waals surface area contributed by atoms with Crippen LogP contribution in [-0.4, -0.2) is 35.8 Å². The Morgan fingerprint density at radius 2 is 1.88 bits per heavy atom. The third-order valence-electron chi connectivity index (χ3n) is 3.35. The minimum atomic E-state index is -4.93. The second-order valence-electron chi connectivity index (χ2n) is 5.62. The van der Waals surface area contributed by atoms with Crippen LogP contribution in [-0.2, 0) is 16.0 Å². The standard InChI is InChI=1S/C16H20F3NO4/c1-9(2)12-5-4-11(6-7-20-15(23)16(17,18)19)13(8-12)24-10(3)14(21)22/h4-5,8-10H,6-7H2,1-3H3,(H,20,23)(H,21,22). The highest BCUT2D eigenvalue weighted by atomic mass is 19.4. The molecule has 0 aliphatic rings. The molecule has 1 unspecified atom stereocenters. The summed E-state index contributed by atoms with van der Waals surface area (Å²) in [7, 11) is 0. The quantitative estimate of drug-likeness (QED) is 0.795. The van der Waals surface area contributed by atoms with Gasteiger partial charge in [0.15, 0.2) is 6.10 Å². The van der Waals surface area contributed by atoms with Crippen molar-refractivity contribution in [1.29, 1.82) is 0 Å². The van der Waals surface area contributed by atoms with E-state index in [1.54, 1.807) is 23.5 Å². The molecule has 1 amide bonds. The van der Waals surface area contributed by atoms with Crippen LogP contribution in [0.5, 0.6) is 5.75 Å². The fourth-order valence-corrected chi connectivity index (χ4v) is 1.90. The summed E-state index contributed by atoms with van der Waals surface area (Å²) >= 11 is 0. The van der Waals surface area contributed by atoms with Crippen LogP contribution >= 0.6 is 0 Å². The number of alkyl halides is 3. The highest BCUT2D eigenvalue weighted by Crippen LogP contribution is 2.26. The van der Waals surface area contributed by atoms with Crippen molar-refractivity contribution < 1.29 is 32.6 Å². The highest BCUT2D eigenvalue weighted by molar-refractivity contribution is 5.81. The molecule has 0 radical (unpaired) electrons. The predicted octanol–water partition coefficient (Wildman–Crippen LogP) is 2.88. The number of carboxylic acid groups (broad SMARTS) is 1. The van der Waals surface area contributed by atoms with Gasteiger partial charge < -0.3 is 15.2 Å². The van der Waals surface area contributed by atoms with E-state index >= 15 is 0 Å². The van der Waals surface area contributed by atoms with Crippen molar-refractivity contribution >= 4 is 11.9 Å². The van der Waals surface area contributed by atoms with Crippen molar-refractivity contribution in [2.45, 2.75) is 45.4 Å². The van der Waals surface area contributed by atoms with E-state index in [1.165, 1.54) is 6.92 Å². The van der Waals surface area contributed by atoms with Gasteiger partial charge in [0.2, 0.25) is 0 Å². The average Bonchev–Trinajstić information content (AvgIpc) is 2.47. The Labute approximate surface area is 137 Å².